The van der Waals surface area contributed by atoms with Gasteiger partial charge in [-0.25, -0.2) is 0 Å². The molecule has 0 amide bonds. The van der Waals surface area contributed by atoms with Gasteiger partial charge in [-0.2, -0.15) is 0 Å². The number of aliphatic hydroxyl groups excluding tert-OH is 1. The summed E-state index contributed by atoms with van der Waals surface area (Å²) < 4.78 is 0. The normalized spacial score (nSPS) is 13.7. The lowest BCUT2D eigenvalue weighted by Crippen LogP contribution is -2.37. The third-order valence-electron chi connectivity index (χ3n) is 3.13. The largest absolute Gasteiger partial charge is 0.395 e. The standard InChI is InChI=1S/C14H25NOSi/c1-5-13(11-16)15-10-12-6-8-14(9-7-12)17(2,3)4/h6-9,13,15-16H,5,10-11H2,1-4H3. The highest BCUT2D eigenvalue weighted by molar-refractivity contribution is 6.88. The minimum absolute atomic E-state index is 0.212. The van der Waals surface area contributed by atoms with E-state index in [-0.39, 0.29) is 12.6 Å². The molecule has 0 bridgehead atoms. The van der Waals surface area contributed by atoms with Gasteiger partial charge in [-0.05, 0) is 12.0 Å². The fourth-order valence-electron chi connectivity index (χ4n) is 1.72. The van der Waals surface area contributed by atoms with Crippen LogP contribution in [0.1, 0.15) is 18.9 Å². The van der Waals surface area contributed by atoms with Gasteiger partial charge in [-0.1, -0.05) is 56.0 Å². The van der Waals surface area contributed by atoms with E-state index in [1.54, 1.807) is 0 Å². The predicted molar refractivity (Wildman–Crippen MR) is 77.4 cm³/mol. The molecule has 0 aliphatic rings. The molecule has 0 radical (unpaired) electrons. The van der Waals surface area contributed by atoms with Gasteiger partial charge in [0.05, 0.1) is 14.7 Å². The van der Waals surface area contributed by atoms with Crippen molar-refractivity contribution in [1.29, 1.82) is 0 Å². The van der Waals surface area contributed by atoms with Crippen molar-refractivity contribution in [2.24, 2.45) is 0 Å². The Labute approximate surface area is 106 Å². The molecule has 2 N–H and O–H groups in total. The third-order valence-corrected chi connectivity index (χ3v) is 5.19. The average Bonchev–Trinajstić information content (AvgIpc) is 2.30. The van der Waals surface area contributed by atoms with Crippen LogP contribution in [0.3, 0.4) is 0 Å². The summed E-state index contributed by atoms with van der Waals surface area (Å²) in [6.45, 7) is 10.2. The number of aliphatic hydroxyl groups is 1. The first-order valence-electron chi connectivity index (χ1n) is 6.41. The Morgan fingerprint density at radius 3 is 2.18 bits per heavy atom. The van der Waals surface area contributed by atoms with E-state index >= 15 is 0 Å². The molecular formula is C14H25NOSi. The number of benzene rings is 1. The van der Waals surface area contributed by atoms with Crippen molar-refractivity contribution < 1.29 is 5.11 Å². The van der Waals surface area contributed by atoms with Crippen LogP contribution in [0.5, 0.6) is 0 Å². The van der Waals surface area contributed by atoms with Gasteiger partial charge in [-0.15, -0.1) is 0 Å². The fourth-order valence-corrected chi connectivity index (χ4v) is 2.89. The lowest BCUT2D eigenvalue weighted by atomic mass is 10.2. The quantitative estimate of drug-likeness (QED) is 0.759. The van der Waals surface area contributed by atoms with Gasteiger partial charge in [-0.3, -0.25) is 0 Å². The molecule has 1 atom stereocenters. The molecular weight excluding hydrogens is 226 g/mol. The van der Waals surface area contributed by atoms with Crippen LogP contribution in [0.25, 0.3) is 0 Å². The van der Waals surface area contributed by atoms with Crippen molar-refractivity contribution in [1.82, 2.24) is 5.32 Å². The Morgan fingerprint density at radius 1 is 1.18 bits per heavy atom. The zero-order valence-electron chi connectivity index (χ0n) is 11.5. The molecule has 0 saturated carbocycles. The fraction of sp³-hybridized carbons (Fsp3) is 0.571. The van der Waals surface area contributed by atoms with E-state index in [9.17, 15) is 0 Å². The summed E-state index contributed by atoms with van der Waals surface area (Å²) in [6, 6.07) is 9.12. The van der Waals surface area contributed by atoms with Crippen molar-refractivity contribution in [3.8, 4) is 0 Å². The van der Waals surface area contributed by atoms with Gasteiger partial charge < -0.3 is 10.4 Å². The molecule has 0 heterocycles. The van der Waals surface area contributed by atoms with E-state index in [1.807, 2.05) is 0 Å². The Bertz CT molecular complexity index is 325. The molecule has 3 heteroatoms. The Morgan fingerprint density at radius 2 is 1.76 bits per heavy atom. The molecule has 1 aromatic carbocycles. The van der Waals surface area contributed by atoms with Crippen molar-refractivity contribution in [3.63, 3.8) is 0 Å². The molecule has 1 unspecified atom stereocenters. The second-order valence-corrected chi connectivity index (χ2v) is 10.7. The van der Waals surface area contributed by atoms with E-state index in [4.69, 9.17) is 5.11 Å². The van der Waals surface area contributed by atoms with Crippen molar-refractivity contribution >= 4 is 13.3 Å². The summed E-state index contributed by atoms with van der Waals surface area (Å²) in [7, 11) is -1.18. The average molecular weight is 251 g/mol. The molecule has 0 aliphatic carbocycles. The van der Waals surface area contributed by atoms with Gasteiger partial charge in [0.2, 0.25) is 0 Å². The van der Waals surface area contributed by atoms with Crippen LogP contribution in [0.2, 0.25) is 19.6 Å². The zero-order valence-corrected chi connectivity index (χ0v) is 12.5. The smallest absolute Gasteiger partial charge is 0.0775 e. The molecule has 96 valence electrons. The van der Waals surface area contributed by atoms with E-state index in [1.165, 1.54) is 10.8 Å². The second-order valence-electron chi connectivity index (χ2n) is 5.62. The van der Waals surface area contributed by atoms with E-state index in [2.05, 4.69) is 56.1 Å². The van der Waals surface area contributed by atoms with Crippen LogP contribution in [-0.4, -0.2) is 25.8 Å². The lowest BCUT2D eigenvalue weighted by molar-refractivity contribution is 0.238. The first-order chi connectivity index (χ1) is 7.97. The maximum absolute atomic E-state index is 9.10. The highest BCUT2D eigenvalue weighted by Crippen LogP contribution is 2.05. The molecule has 0 fully saturated rings. The minimum atomic E-state index is -1.18. The van der Waals surface area contributed by atoms with Crippen LogP contribution in [-0.2, 0) is 6.54 Å². The maximum Gasteiger partial charge on any atom is 0.0775 e. The van der Waals surface area contributed by atoms with Crippen LogP contribution in [0.15, 0.2) is 24.3 Å². The van der Waals surface area contributed by atoms with Gasteiger partial charge in [0.25, 0.3) is 0 Å². The summed E-state index contributed by atoms with van der Waals surface area (Å²) in [5, 5.41) is 13.9. The summed E-state index contributed by atoms with van der Waals surface area (Å²) >= 11 is 0. The molecule has 0 saturated heterocycles. The monoisotopic (exact) mass is 251 g/mol. The number of nitrogens with one attached hydrogen (secondary N) is 1. The zero-order chi connectivity index (χ0) is 12.9. The molecule has 2 nitrogen and oxygen atoms in total. The lowest BCUT2D eigenvalue weighted by Gasteiger charge is -2.18. The van der Waals surface area contributed by atoms with Gasteiger partial charge >= 0.3 is 0 Å². The summed E-state index contributed by atoms with van der Waals surface area (Å²) in [5.41, 5.74) is 1.29. The van der Waals surface area contributed by atoms with Gasteiger partial charge in [0.1, 0.15) is 0 Å². The predicted octanol–water partition coefficient (Wildman–Crippen LogP) is 2.09. The van der Waals surface area contributed by atoms with Crippen LogP contribution < -0.4 is 10.5 Å². The number of hydrogen-bond donors (Lipinski definition) is 2. The molecule has 0 aromatic heterocycles. The first-order valence-corrected chi connectivity index (χ1v) is 9.91. The summed E-state index contributed by atoms with van der Waals surface area (Å²) in [4.78, 5) is 0. The molecule has 17 heavy (non-hydrogen) atoms. The summed E-state index contributed by atoms with van der Waals surface area (Å²) in [5.74, 6) is 0. The van der Waals surface area contributed by atoms with E-state index < -0.39 is 8.07 Å². The van der Waals surface area contributed by atoms with Crippen LogP contribution >= 0.6 is 0 Å². The van der Waals surface area contributed by atoms with Gasteiger partial charge in [0.15, 0.2) is 0 Å². The highest BCUT2D eigenvalue weighted by Gasteiger charge is 2.15. The van der Waals surface area contributed by atoms with Crippen molar-refractivity contribution in [3.05, 3.63) is 29.8 Å². The highest BCUT2D eigenvalue weighted by atomic mass is 28.3. The Hall–Kier alpha value is -0.643. The first kappa shape index (κ1) is 14.4. The molecule has 1 rings (SSSR count). The Kier molecular flexibility index (Phi) is 5.37. The van der Waals surface area contributed by atoms with E-state index in [0.29, 0.717) is 0 Å². The van der Waals surface area contributed by atoms with Crippen molar-refractivity contribution in [2.45, 2.75) is 45.6 Å². The Balaban J connectivity index is 2.57. The maximum atomic E-state index is 9.10. The minimum Gasteiger partial charge on any atom is -0.395 e. The third kappa shape index (κ3) is 4.62. The van der Waals surface area contributed by atoms with Gasteiger partial charge in [0, 0.05) is 12.6 Å². The molecule has 1 aromatic rings. The van der Waals surface area contributed by atoms with Crippen molar-refractivity contribution in [2.75, 3.05) is 6.61 Å². The SMILES string of the molecule is CCC(CO)NCc1ccc([Si](C)(C)C)cc1. The summed E-state index contributed by atoms with van der Waals surface area (Å²) in [6.07, 6.45) is 0.962. The molecule has 0 aliphatic heterocycles. The topological polar surface area (TPSA) is 32.3 Å². The number of rotatable bonds is 6. The number of hydrogen-bond acceptors (Lipinski definition) is 2. The van der Waals surface area contributed by atoms with Crippen LogP contribution in [0.4, 0.5) is 0 Å². The molecule has 0 spiro atoms. The van der Waals surface area contributed by atoms with Crippen LogP contribution in [0, 0.1) is 0 Å². The van der Waals surface area contributed by atoms with E-state index in [0.717, 1.165) is 13.0 Å². The second kappa shape index (κ2) is 6.33.